The summed E-state index contributed by atoms with van der Waals surface area (Å²) in [6.45, 7) is 0.451. The predicted molar refractivity (Wildman–Crippen MR) is 114 cm³/mol. The summed E-state index contributed by atoms with van der Waals surface area (Å²) in [5, 5.41) is 17.8. The summed E-state index contributed by atoms with van der Waals surface area (Å²) in [5.41, 5.74) is 0.961. The van der Waals surface area contributed by atoms with Gasteiger partial charge in [-0.1, -0.05) is 24.4 Å². The molecule has 8 nitrogen and oxygen atoms in total. The topological polar surface area (TPSA) is 102 Å². The van der Waals surface area contributed by atoms with Crippen LogP contribution in [0.2, 0.25) is 0 Å². The lowest BCUT2D eigenvalue weighted by Crippen LogP contribution is -2.13. The van der Waals surface area contributed by atoms with Gasteiger partial charge >= 0.3 is 0 Å². The highest BCUT2D eigenvalue weighted by molar-refractivity contribution is 8.00. The Morgan fingerprint density at radius 3 is 2.83 bits per heavy atom. The largest absolute Gasteiger partial charge is 0.496 e. The number of hydrogen-bond acceptors (Lipinski definition) is 8. The fourth-order valence-electron chi connectivity index (χ4n) is 3.59. The molecule has 1 amide bonds. The number of benzene rings is 1. The van der Waals surface area contributed by atoms with Gasteiger partial charge in [-0.3, -0.25) is 10.1 Å². The lowest BCUT2D eigenvalue weighted by atomic mass is 10.0. The van der Waals surface area contributed by atoms with Gasteiger partial charge in [0, 0.05) is 32.9 Å². The monoisotopic (exact) mass is 433 g/mol. The number of anilines is 1. The normalized spacial score (nSPS) is 15.0. The summed E-state index contributed by atoms with van der Waals surface area (Å²) in [4.78, 5) is 14.7. The van der Waals surface area contributed by atoms with E-state index in [0.717, 1.165) is 26.3 Å². The van der Waals surface area contributed by atoms with Crippen molar-refractivity contribution in [3.63, 3.8) is 0 Å². The molecule has 0 aliphatic heterocycles. The van der Waals surface area contributed by atoms with E-state index < -0.39 is 0 Å². The SMILES string of the molecule is COCc1cc2sc(C(=O)Nc3nn[nH]n3)c(SC3CCCCC3)c2cc1OC. The van der Waals surface area contributed by atoms with Crippen LogP contribution in [0.1, 0.15) is 47.3 Å². The van der Waals surface area contributed by atoms with Gasteiger partial charge in [-0.25, -0.2) is 0 Å². The van der Waals surface area contributed by atoms with E-state index in [-0.39, 0.29) is 11.9 Å². The Balaban J connectivity index is 1.76. The van der Waals surface area contributed by atoms with Gasteiger partial charge < -0.3 is 9.47 Å². The molecule has 2 heterocycles. The average Bonchev–Trinajstić information content (AvgIpc) is 3.36. The van der Waals surface area contributed by atoms with Gasteiger partial charge in [0.05, 0.1) is 13.7 Å². The fraction of sp³-hybridized carbons (Fsp3) is 0.474. The predicted octanol–water partition coefficient (Wildman–Crippen LogP) is 4.25. The van der Waals surface area contributed by atoms with Crippen LogP contribution in [0.25, 0.3) is 10.1 Å². The first kappa shape index (κ1) is 20.1. The van der Waals surface area contributed by atoms with Crippen molar-refractivity contribution in [2.75, 3.05) is 19.5 Å². The summed E-state index contributed by atoms with van der Waals surface area (Å²) >= 11 is 3.28. The van der Waals surface area contributed by atoms with Crippen LogP contribution in [0.15, 0.2) is 17.0 Å². The smallest absolute Gasteiger partial charge is 0.270 e. The number of ether oxygens (including phenoxy) is 2. The van der Waals surface area contributed by atoms with Gasteiger partial charge in [-0.2, -0.15) is 5.21 Å². The Morgan fingerprint density at radius 2 is 2.14 bits per heavy atom. The van der Waals surface area contributed by atoms with Gasteiger partial charge in [0.2, 0.25) is 0 Å². The van der Waals surface area contributed by atoms with Crippen LogP contribution in [-0.4, -0.2) is 46.0 Å². The number of aromatic nitrogens is 4. The first-order chi connectivity index (χ1) is 14.2. The number of carbonyl (C=O) groups is 1. The van der Waals surface area contributed by atoms with E-state index >= 15 is 0 Å². The average molecular weight is 434 g/mol. The van der Waals surface area contributed by atoms with E-state index in [2.05, 4.69) is 32.0 Å². The summed E-state index contributed by atoms with van der Waals surface area (Å²) in [7, 11) is 3.32. The number of rotatable bonds is 7. The van der Waals surface area contributed by atoms with E-state index in [9.17, 15) is 4.79 Å². The second-order valence-corrected chi connectivity index (χ2v) is 9.28. The zero-order chi connectivity index (χ0) is 20.2. The first-order valence-corrected chi connectivity index (χ1v) is 11.2. The van der Waals surface area contributed by atoms with Crippen molar-refractivity contribution in [3.8, 4) is 5.75 Å². The van der Waals surface area contributed by atoms with Crippen molar-refractivity contribution in [3.05, 3.63) is 22.6 Å². The molecule has 4 rings (SSSR count). The maximum Gasteiger partial charge on any atom is 0.270 e. The fourth-order valence-corrected chi connectivity index (χ4v) is 6.36. The molecule has 10 heteroatoms. The third-order valence-corrected chi connectivity index (χ3v) is 7.70. The van der Waals surface area contributed by atoms with E-state index in [1.807, 2.05) is 6.07 Å². The van der Waals surface area contributed by atoms with E-state index in [4.69, 9.17) is 9.47 Å². The third-order valence-electron chi connectivity index (χ3n) is 4.96. The first-order valence-electron chi connectivity index (χ1n) is 9.53. The number of hydrogen-bond donors (Lipinski definition) is 2. The molecule has 1 aliphatic rings. The number of thiophene rings is 1. The van der Waals surface area contributed by atoms with Crippen molar-refractivity contribution in [1.29, 1.82) is 0 Å². The molecular formula is C19H23N5O3S2. The Labute approximate surface area is 176 Å². The highest BCUT2D eigenvalue weighted by Crippen LogP contribution is 2.45. The third kappa shape index (κ3) is 4.39. The van der Waals surface area contributed by atoms with Crippen LogP contribution in [0, 0.1) is 0 Å². The van der Waals surface area contributed by atoms with Crippen LogP contribution in [0.4, 0.5) is 5.95 Å². The molecule has 1 aromatic carbocycles. The summed E-state index contributed by atoms with van der Waals surface area (Å²) in [6, 6.07) is 4.08. The Kier molecular flexibility index (Phi) is 6.31. The van der Waals surface area contributed by atoms with Crippen molar-refractivity contribution < 1.29 is 14.3 Å². The van der Waals surface area contributed by atoms with E-state index in [1.54, 1.807) is 26.0 Å². The molecule has 1 fully saturated rings. The molecule has 0 bridgehead atoms. The zero-order valence-corrected chi connectivity index (χ0v) is 18.0. The second kappa shape index (κ2) is 9.10. The number of methoxy groups -OCH3 is 2. The molecule has 0 atom stereocenters. The number of H-pyrrole nitrogens is 1. The molecule has 3 aromatic rings. The molecule has 1 saturated carbocycles. The van der Waals surface area contributed by atoms with Crippen molar-refractivity contribution in [1.82, 2.24) is 20.6 Å². The Hall–Kier alpha value is -2.17. The maximum absolute atomic E-state index is 13.0. The maximum atomic E-state index is 13.0. The molecule has 2 aromatic heterocycles. The molecule has 0 unspecified atom stereocenters. The van der Waals surface area contributed by atoms with Gasteiger partial charge in [0.15, 0.2) is 0 Å². The van der Waals surface area contributed by atoms with E-state index in [0.29, 0.717) is 16.7 Å². The van der Waals surface area contributed by atoms with Crippen LogP contribution in [-0.2, 0) is 11.3 Å². The molecule has 0 saturated heterocycles. The van der Waals surface area contributed by atoms with Crippen LogP contribution < -0.4 is 10.1 Å². The minimum absolute atomic E-state index is 0.165. The number of carbonyl (C=O) groups excluding carboxylic acids is 1. The highest BCUT2D eigenvalue weighted by atomic mass is 32.2. The number of aromatic amines is 1. The number of thioether (sulfide) groups is 1. The molecule has 29 heavy (non-hydrogen) atoms. The summed E-state index contributed by atoms with van der Waals surface area (Å²) < 4.78 is 11.9. The molecule has 154 valence electrons. The lowest BCUT2D eigenvalue weighted by molar-refractivity contribution is 0.102. The Bertz CT molecular complexity index is 984. The van der Waals surface area contributed by atoms with Gasteiger partial charge in [0.25, 0.3) is 11.9 Å². The molecule has 1 aliphatic carbocycles. The number of nitrogens with one attached hydrogen (secondary N) is 2. The standard InChI is InChI=1S/C19H23N5O3S2/c1-26-10-11-8-15-13(9-14(11)27-2)16(28-12-6-4-3-5-7-12)17(29-15)18(25)20-19-21-23-24-22-19/h8-9,12H,3-7,10H2,1-2H3,(H2,20,21,22,23,24,25). The number of nitrogens with zero attached hydrogens (tertiary/aromatic N) is 3. The van der Waals surface area contributed by atoms with Crippen molar-refractivity contribution >= 4 is 45.0 Å². The van der Waals surface area contributed by atoms with Crippen LogP contribution in [0.5, 0.6) is 5.75 Å². The summed E-state index contributed by atoms with van der Waals surface area (Å²) in [5.74, 6) is 0.713. The van der Waals surface area contributed by atoms with Crippen molar-refractivity contribution in [2.24, 2.45) is 0 Å². The minimum Gasteiger partial charge on any atom is -0.496 e. The number of tetrazole rings is 1. The van der Waals surface area contributed by atoms with Crippen LogP contribution in [0.3, 0.4) is 0 Å². The second-order valence-electron chi connectivity index (χ2n) is 6.92. The van der Waals surface area contributed by atoms with Gasteiger partial charge in [0.1, 0.15) is 10.6 Å². The number of amides is 1. The quantitative estimate of drug-likeness (QED) is 0.574. The van der Waals surface area contributed by atoms with Crippen molar-refractivity contribution in [2.45, 2.75) is 48.9 Å². The molecule has 0 spiro atoms. The highest BCUT2D eigenvalue weighted by Gasteiger charge is 2.25. The molecule has 2 N–H and O–H groups in total. The lowest BCUT2D eigenvalue weighted by Gasteiger charge is -2.21. The zero-order valence-electron chi connectivity index (χ0n) is 16.4. The van der Waals surface area contributed by atoms with Gasteiger partial charge in [-0.05, 0) is 30.2 Å². The van der Waals surface area contributed by atoms with E-state index in [1.165, 1.54) is 43.4 Å². The number of fused-ring (bicyclic) bond motifs is 1. The Morgan fingerprint density at radius 1 is 1.31 bits per heavy atom. The molecular weight excluding hydrogens is 410 g/mol. The summed E-state index contributed by atoms with van der Waals surface area (Å²) in [6.07, 6.45) is 6.12. The molecule has 0 radical (unpaired) electrons. The minimum atomic E-state index is -0.224. The van der Waals surface area contributed by atoms with Crippen LogP contribution >= 0.6 is 23.1 Å². The van der Waals surface area contributed by atoms with Gasteiger partial charge in [-0.15, -0.1) is 28.2 Å².